The molecule has 4 nitrogen and oxygen atoms in total. The van der Waals surface area contributed by atoms with Crippen molar-refractivity contribution in [1.29, 1.82) is 0 Å². The largest absolute Gasteiger partial charge is 0.456 e. The quantitative estimate of drug-likeness (QED) is 0.173. The Morgan fingerprint density at radius 2 is 1.06 bits per heavy atom. The fourth-order valence-corrected chi connectivity index (χ4v) is 8.80. The molecule has 0 fully saturated rings. The van der Waals surface area contributed by atoms with Gasteiger partial charge in [0.2, 0.25) is 0 Å². The molecule has 240 valence electrons. The summed E-state index contributed by atoms with van der Waals surface area (Å²) in [6.45, 7) is 0. The molecule has 3 heterocycles. The Balaban J connectivity index is 1.27. The molecule has 0 amide bonds. The van der Waals surface area contributed by atoms with Gasteiger partial charge in [-0.05, 0) is 74.8 Å². The molecule has 0 saturated heterocycles. The van der Waals surface area contributed by atoms with E-state index in [0.29, 0.717) is 5.82 Å². The standard InChI is InChI=1S/C48H27N3O/c1-2-13-29(14-3-1)51-39-27-28(48-49-38-22-12-24-41-45(38)46(50-48)37-21-10-11-23-40(37)52-41)25-26-36(39)44-43-33-18-7-5-16-31(33)30-15-4-6-17-32(30)42(43)34-19-8-9-20-35(34)47(44)51/h1-27H. The maximum Gasteiger partial charge on any atom is 0.160 e. The van der Waals surface area contributed by atoms with Gasteiger partial charge in [0, 0.05) is 38.4 Å². The molecule has 0 atom stereocenters. The molecule has 0 saturated carbocycles. The topological polar surface area (TPSA) is 39.9 Å². The fourth-order valence-electron chi connectivity index (χ4n) is 8.80. The second kappa shape index (κ2) is 10.3. The lowest BCUT2D eigenvalue weighted by molar-refractivity contribution is 0.486. The van der Waals surface area contributed by atoms with Crippen molar-refractivity contribution in [2.75, 3.05) is 0 Å². The summed E-state index contributed by atoms with van der Waals surface area (Å²) in [6, 6.07) is 58.4. The van der Waals surface area contributed by atoms with Crippen LogP contribution in [0.2, 0.25) is 0 Å². The lowest BCUT2D eigenvalue weighted by atomic mass is 9.88. The van der Waals surface area contributed by atoms with Crippen LogP contribution < -0.4 is 4.74 Å². The second-order valence-corrected chi connectivity index (χ2v) is 13.7. The van der Waals surface area contributed by atoms with Gasteiger partial charge in [0.05, 0.1) is 27.6 Å². The highest BCUT2D eigenvalue weighted by molar-refractivity contribution is 6.42. The smallest absolute Gasteiger partial charge is 0.160 e. The predicted molar refractivity (Wildman–Crippen MR) is 215 cm³/mol. The molecule has 0 N–H and O–H groups in total. The van der Waals surface area contributed by atoms with E-state index in [1.54, 1.807) is 0 Å². The number of hydrogen-bond donors (Lipinski definition) is 0. The number of hydrogen-bond acceptors (Lipinski definition) is 3. The van der Waals surface area contributed by atoms with E-state index >= 15 is 0 Å². The van der Waals surface area contributed by atoms with E-state index in [9.17, 15) is 0 Å². The van der Waals surface area contributed by atoms with E-state index < -0.39 is 0 Å². The van der Waals surface area contributed by atoms with Crippen molar-refractivity contribution in [3.05, 3.63) is 164 Å². The van der Waals surface area contributed by atoms with Gasteiger partial charge in [-0.15, -0.1) is 0 Å². The molecule has 0 aliphatic carbocycles. The highest BCUT2D eigenvalue weighted by Gasteiger charge is 2.25. The highest BCUT2D eigenvalue weighted by atomic mass is 16.5. The first-order valence-electron chi connectivity index (χ1n) is 17.7. The van der Waals surface area contributed by atoms with Gasteiger partial charge in [-0.2, -0.15) is 0 Å². The lowest BCUT2D eigenvalue weighted by Crippen LogP contribution is -2.02. The number of benzene rings is 9. The minimum atomic E-state index is 0.689. The minimum Gasteiger partial charge on any atom is -0.456 e. The van der Waals surface area contributed by atoms with E-state index in [1.807, 2.05) is 30.3 Å². The number of rotatable bonds is 2. The Hall–Kier alpha value is -7.04. The van der Waals surface area contributed by atoms with Gasteiger partial charge in [-0.25, -0.2) is 9.97 Å². The fraction of sp³-hybridized carbons (Fsp3) is 0. The summed E-state index contributed by atoms with van der Waals surface area (Å²) in [4.78, 5) is 10.4. The van der Waals surface area contributed by atoms with Crippen molar-refractivity contribution in [3.63, 3.8) is 0 Å². The second-order valence-electron chi connectivity index (χ2n) is 13.7. The number of nitrogens with zero attached hydrogens (tertiary/aromatic N) is 3. The summed E-state index contributed by atoms with van der Waals surface area (Å²) < 4.78 is 8.75. The molecule has 12 rings (SSSR count). The minimum absolute atomic E-state index is 0.689. The molecule has 0 radical (unpaired) electrons. The van der Waals surface area contributed by atoms with E-state index in [2.05, 4.69) is 138 Å². The first-order chi connectivity index (χ1) is 25.8. The van der Waals surface area contributed by atoms with Crippen LogP contribution in [-0.4, -0.2) is 14.5 Å². The zero-order chi connectivity index (χ0) is 33.9. The van der Waals surface area contributed by atoms with Crippen LogP contribution in [0.15, 0.2) is 164 Å². The molecule has 0 unspecified atom stereocenters. The summed E-state index contributed by atoms with van der Waals surface area (Å²) in [5, 5.41) is 13.5. The van der Waals surface area contributed by atoms with Gasteiger partial charge < -0.3 is 9.30 Å². The molecule has 0 bridgehead atoms. The molecule has 9 aromatic carbocycles. The molecule has 1 aliphatic rings. The molecule has 4 heteroatoms. The third-order valence-electron chi connectivity index (χ3n) is 10.9. The Bertz CT molecular complexity index is 3330. The van der Waals surface area contributed by atoms with Crippen LogP contribution in [0, 0.1) is 0 Å². The first-order valence-corrected chi connectivity index (χ1v) is 17.7. The van der Waals surface area contributed by atoms with Crippen molar-refractivity contribution in [2.24, 2.45) is 0 Å². The van der Waals surface area contributed by atoms with E-state index in [-0.39, 0.29) is 0 Å². The molecule has 0 spiro atoms. The normalized spacial score (nSPS) is 12.4. The molecule has 52 heavy (non-hydrogen) atoms. The monoisotopic (exact) mass is 661 g/mol. The Labute approximate surface area is 297 Å². The number of para-hydroxylation sites is 2. The zero-order valence-electron chi connectivity index (χ0n) is 27.8. The number of fused-ring (bicyclic) bond motifs is 15. The van der Waals surface area contributed by atoms with Crippen LogP contribution in [0.4, 0.5) is 0 Å². The molecule has 1 aliphatic heterocycles. The van der Waals surface area contributed by atoms with Gasteiger partial charge in [-0.1, -0.05) is 121 Å². The van der Waals surface area contributed by atoms with Crippen LogP contribution in [0.1, 0.15) is 0 Å². The summed E-state index contributed by atoms with van der Waals surface area (Å²) >= 11 is 0. The van der Waals surface area contributed by atoms with Crippen molar-refractivity contribution in [3.8, 4) is 39.8 Å². The van der Waals surface area contributed by atoms with Gasteiger partial charge >= 0.3 is 0 Å². The summed E-state index contributed by atoms with van der Waals surface area (Å²) in [5.74, 6) is 2.29. The first kappa shape index (κ1) is 27.7. The predicted octanol–water partition coefficient (Wildman–Crippen LogP) is 12.8. The maximum atomic E-state index is 6.30. The van der Waals surface area contributed by atoms with Crippen LogP contribution in [0.25, 0.3) is 104 Å². The van der Waals surface area contributed by atoms with Crippen LogP contribution >= 0.6 is 0 Å². The third kappa shape index (κ3) is 3.65. The molecule has 2 aromatic heterocycles. The summed E-state index contributed by atoms with van der Waals surface area (Å²) in [7, 11) is 0. The summed E-state index contributed by atoms with van der Waals surface area (Å²) in [5.41, 5.74) is 7.13. The van der Waals surface area contributed by atoms with Crippen LogP contribution in [-0.2, 0) is 0 Å². The van der Waals surface area contributed by atoms with E-state index in [1.165, 1.54) is 59.4 Å². The average molecular weight is 662 g/mol. The van der Waals surface area contributed by atoms with Crippen molar-refractivity contribution in [1.82, 2.24) is 14.5 Å². The molecular formula is C48H27N3O. The lowest BCUT2D eigenvalue weighted by Gasteiger charge is -2.20. The molecule has 11 aromatic rings. The Morgan fingerprint density at radius 1 is 0.423 bits per heavy atom. The third-order valence-corrected chi connectivity index (χ3v) is 10.9. The Kier molecular flexibility index (Phi) is 5.47. The zero-order valence-corrected chi connectivity index (χ0v) is 27.8. The van der Waals surface area contributed by atoms with Gasteiger partial charge in [-0.3, -0.25) is 0 Å². The van der Waals surface area contributed by atoms with Crippen molar-refractivity contribution < 1.29 is 4.74 Å². The van der Waals surface area contributed by atoms with Crippen LogP contribution in [0.5, 0.6) is 11.5 Å². The van der Waals surface area contributed by atoms with E-state index in [0.717, 1.165) is 50.4 Å². The van der Waals surface area contributed by atoms with Gasteiger partial charge in [0.25, 0.3) is 0 Å². The number of aromatic nitrogens is 3. The molecular weight excluding hydrogens is 635 g/mol. The van der Waals surface area contributed by atoms with Gasteiger partial charge in [0.15, 0.2) is 5.82 Å². The van der Waals surface area contributed by atoms with Crippen LogP contribution in [0.3, 0.4) is 0 Å². The van der Waals surface area contributed by atoms with Crippen molar-refractivity contribution in [2.45, 2.75) is 0 Å². The van der Waals surface area contributed by atoms with E-state index in [4.69, 9.17) is 14.7 Å². The highest BCUT2D eigenvalue weighted by Crippen LogP contribution is 2.49. The van der Waals surface area contributed by atoms with Gasteiger partial charge in [0.1, 0.15) is 11.5 Å². The Morgan fingerprint density at radius 3 is 1.85 bits per heavy atom. The average Bonchev–Trinajstić information content (AvgIpc) is 3.56. The summed E-state index contributed by atoms with van der Waals surface area (Å²) in [6.07, 6.45) is 0. The number of ether oxygens (including phenoxy) is 1. The maximum absolute atomic E-state index is 6.30. The SMILES string of the molecule is c1ccc(-n2c3cc(-c4nc5c6c(cccc6n4)Oc4ccccc4-5)ccc3c3c4c5ccccc5c5ccccc5c4c4ccccc4c32)cc1. The van der Waals surface area contributed by atoms with Crippen molar-refractivity contribution >= 4 is 75.8 Å².